The normalized spacial score (nSPS) is 10.9. The van der Waals surface area contributed by atoms with Crippen molar-refractivity contribution in [1.29, 1.82) is 0 Å². The van der Waals surface area contributed by atoms with E-state index in [1.807, 2.05) is 0 Å². The Kier molecular flexibility index (Phi) is 7.32. The second kappa shape index (κ2) is 9.94. The van der Waals surface area contributed by atoms with Crippen molar-refractivity contribution in [2.75, 3.05) is 7.11 Å². The highest BCUT2D eigenvalue weighted by molar-refractivity contribution is 7.95. The molecule has 3 heteroatoms. The lowest BCUT2D eigenvalue weighted by molar-refractivity contribution is 0.411. The first kappa shape index (κ1) is 22.1. The molecule has 0 saturated heterocycles. The van der Waals surface area contributed by atoms with Gasteiger partial charge in [0.05, 0.1) is 13.3 Å². The fraction of sp³-hybridized carbons (Fsp3) is 0.111. The summed E-state index contributed by atoms with van der Waals surface area (Å²) in [5.41, 5.74) is 2.52. The van der Waals surface area contributed by atoms with Crippen LogP contribution < -0.4 is 20.7 Å². The molecule has 0 aromatic heterocycles. The Morgan fingerprint density at radius 3 is 1.43 bits per heavy atom. The molecule has 0 heterocycles. The van der Waals surface area contributed by atoms with E-state index in [9.17, 15) is 0 Å². The molecular weight excluding hydrogens is 407 g/mol. The lowest BCUT2D eigenvalue weighted by Crippen LogP contribution is -2.32. The lowest BCUT2D eigenvalue weighted by atomic mass is 10.1. The third-order valence-corrected chi connectivity index (χ3v) is 9.85. The molecule has 4 rings (SSSR count). The topological polar surface area (TPSA) is 9.23 Å². The Labute approximate surface area is 186 Å². The predicted octanol–water partition coefficient (Wildman–Crippen LogP) is 5.92. The minimum absolute atomic E-state index is 0. The Bertz CT molecular complexity index is 969. The third-order valence-electron chi connectivity index (χ3n) is 5.47. The summed E-state index contributed by atoms with van der Waals surface area (Å²) in [5, 5.41) is 4.22. The molecule has 0 radical (unpaired) electrons. The van der Waals surface area contributed by atoms with Crippen molar-refractivity contribution in [2.24, 2.45) is 0 Å². The Hall–Kier alpha value is -2.60. The van der Waals surface area contributed by atoms with Gasteiger partial charge in [-0.15, -0.1) is 12.4 Å². The number of rotatable bonds is 6. The van der Waals surface area contributed by atoms with Crippen molar-refractivity contribution in [3.63, 3.8) is 0 Å². The standard InChI is InChI=1S/C27H26OP.ClH/c1-22-20-23(18-19-27(22)28-2)21-29(24-12-6-3-7-13-24,25-14-8-4-9-15-25)26-16-10-5-11-17-26;/h3-20H,21H2,1-2H3;1H/q+1;. The molecule has 0 aliphatic heterocycles. The fourth-order valence-electron chi connectivity index (χ4n) is 4.08. The summed E-state index contributed by atoms with van der Waals surface area (Å²) in [6.07, 6.45) is 0.982. The highest BCUT2D eigenvalue weighted by atomic mass is 35.5. The summed E-state index contributed by atoms with van der Waals surface area (Å²) >= 11 is 0. The van der Waals surface area contributed by atoms with Gasteiger partial charge >= 0.3 is 0 Å². The van der Waals surface area contributed by atoms with Gasteiger partial charge < -0.3 is 4.74 Å². The van der Waals surface area contributed by atoms with Gasteiger partial charge in [0.2, 0.25) is 0 Å². The van der Waals surface area contributed by atoms with Crippen LogP contribution in [-0.2, 0) is 6.16 Å². The van der Waals surface area contributed by atoms with E-state index < -0.39 is 7.26 Å². The zero-order valence-corrected chi connectivity index (χ0v) is 19.1. The number of hydrogen-bond acceptors (Lipinski definition) is 1. The number of benzene rings is 4. The summed E-state index contributed by atoms with van der Waals surface area (Å²) in [4.78, 5) is 0. The molecule has 1 nitrogen and oxygen atoms in total. The van der Waals surface area contributed by atoms with Crippen LogP contribution in [0.2, 0.25) is 0 Å². The molecule has 4 aromatic carbocycles. The van der Waals surface area contributed by atoms with E-state index in [0.717, 1.165) is 11.9 Å². The first-order valence-corrected chi connectivity index (χ1v) is 11.9. The molecular formula is C27H27ClOP+. The average molecular weight is 434 g/mol. The van der Waals surface area contributed by atoms with Crippen LogP contribution in [0.5, 0.6) is 5.75 Å². The first-order valence-electron chi connectivity index (χ1n) is 9.92. The van der Waals surface area contributed by atoms with Crippen LogP contribution in [0.25, 0.3) is 0 Å². The van der Waals surface area contributed by atoms with E-state index in [0.29, 0.717) is 0 Å². The Morgan fingerprint density at radius 2 is 1.07 bits per heavy atom. The number of methoxy groups -OCH3 is 1. The van der Waals surface area contributed by atoms with Gasteiger partial charge in [0.25, 0.3) is 0 Å². The molecule has 30 heavy (non-hydrogen) atoms. The summed E-state index contributed by atoms with van der Waals surface area (Å²) < 4.78 is 5.49. The summed E-state index contributed by atoms with van der Waals surface area (Å²) in [6.45, 7) is 2.12. The van der Waals surface area contributed by atoms with Gasteiger partial charge in [-0.25, -0.2) is 0 Å². The van der Waals surface area contributed by atoms with E-state index in [-0.39, 0.29) is 12.4 Å². The molecule has 0 N–H and O–H groups in total. The number of ether oxygens (including phenoxy) is 1. The maximum absolute atomic E-state index is 5.49. The largest absolute Gasteiger partial charge is 0.496 e. The minimum Gasteiger partial charge on any atom is -0.496 e. The quantitative estimate of drug-likeness (QED) is 0.343. The SMILES string of the molecule is COc1ccc(C[P+](c2ccccc2)(c2ccccc2)c2ccccc2)cc1C.Cl. The molecule has 0 atom stereocenters. The number of halogens is 1. The second-order valence-electron chi connectivity index (χ2n) is 7.28. The second-order valence-corrected chi connectivity index (χ2v) is 10.8. The molecule has 0 fully saturated rings. The molecule has 0 unspecified atom stereocenters. The van der Waals surface area contributed by atoms with Crippen LogP contribution in [0.4, 0.5) is 0 Å². The van der Waals surface area contributed by atoms with Crippen LogP contribution >= 0.6 is 19.7 Å². The van der Waals surface area contributed by atoms with E-state index in [4.69, 9.17) is 4.74 Å². The molecule has 4 aromatic rings. The summed E-state index contributed by atoms with van der Waals surface area (Å²) in [6, 6.07) is 39.7. The van der Waals surface area contributed by atoms with Crippen molar-refractivity contribution in [3.05, 3.63) is 120 Å². The van der Waals surface area contributed by atoms with Crippen molar-refractivity contribution in [3.8, 4) is 5.75 Å². The Balaban J connectivity index is 0.00000256. The molecule has 0 bridgehead atoms. The van der Waals surface area contributed by atoms with Gasteiger partial charge in [0, 0.05) is 0 Å². The van der Waals surface area contributed by atoms with Gasteiger partial charge in [-0.2, -0.15) is 0 Å². The highest BCUT2D eigenvalue weighted by Crippen LogP contribution is 2.58. The van der Waals surface area contributed by atoms with Crippen LogP contribution in [0, 0.1) is 6.92 Å². The molecule has 0 amide bonds. The van der Waals surface area contributed by atoms with Crippen molar-refractivity contribution in [2.45, 2.75) is 13.1 Å². The average Bonchev–Trinajstić information content (AvgIpc) is 2.79. The van der Waals surface area contributed by atoms with Crippen molar-refractivity contribution in [1.82, 2.24) is 0 Å². The zero-order chi connectivity index (χ0) is 20.1. The van der Waals surface area contributed by atoms with Crippen molar-refractivity contribution < 1.29 is 4.74 Å². The molecule has 0 saturated carbocycles. The number of hydrogen-bond donors (Lipinski definition) is 0. The maximum atomic E-state index is 5.49. The molecule has 0 aliphatic rings. The smallest absolute Gasteiger partial charge is 0.121 e. The van der Waals surface area contributed by atoms with Crippen LogP contribution in [0.1, 0.15) is 11.1 Å². The monoisotopic (exact) mass is 433 g/mol. The zero-order valence-electron chi connectivity index (χ0n) is 17.4. The van der Waals surface area contributed by atoms with E-state index in [1.54, 1.807) is 7.11 Å². The summed E-state index contributed by atoms with van der Waals surface area (Å²) in [5.74, 6) is 0.941. The van der Waals surface area contributed by atoms with Crippen LogP contribution in [-0.4, -0.2) is 7.11 Å². The predicted molar refractivity (Wildman–Crippen MR) is 134 cm³/mol. The minimum atomic E-state index is -1.86. The van der Waals surface area contributed by atoms with E-state index in [1.165, 1.54) is 27.0 Å². The molecule has 152 valence electrons. The highest BCUT2D eigenvalue weighted by Gasteiger charge is 2.45. The van der Waals surface area contributed by atoms with E-state index in [2.05, 4.69) is 116 Å². The van der Waals surface area contributed by atoms with Crippen molar-refractivity contribution >= 4 is 35.6 Å². The van der Waals surface area contributed by atoms with Gasteiger partial charge in [-0.05, 0) is 66.6 Å². The third kappa shape index (κ3) is 4.29. The maximum Gasteiger partial charge on any atom is 0.121 e. The number of aryl methyl sites for hydroxylation is 1. The first-order chi connectivity index (χ1) is 14.2. The van der Waals surface area contributed by atoms with Gasteiger partial charge in [-0.3, -0.25) is 0 Å². The van der Waals surface area contributed by atoms with Gasteiger partial charge in [0.1, 0.15) is 28.9 Å². The Morgan fingerprint density at radius 1 is 0.633 bits per heavy atom. The fourth-order valence-corrected chi connectivity index (χ4v) is 8.31. The molecule has 0 aliphatic carbocycles. The van der Waals surface area contributed by atoms with Crippen LogP contribution in [0.3, 0.4) is 0 Å². The van der Waals surface area contributed by atoms with Crippen LogP contribution in [0.15, 0.2) is 109 Å². The van der Waals surface area contributed by atoms with Gasteiger partial charge in [-0.1, -0.05) is 60.7 Å². The summed E-state index contributed by atoms with van der Waals surface area (Å²) in [7, 11) is -0.126. The van der Waals surface area contributed by atoms with E-state index >= 15 is 0 Å². The van der Waals surface area contributed by atoms with Gasteiger partial charge in [0.15, 0.2) is 0 Å². The lowest BCUT2D eigenvalue weighted by Gasteiger charge is -2.28. The molecule has 0 spiro atoms.